The van der Waals surface area contributed by atoms with Crippen LogP contribution in [0, 0.1) is 0 Å². The van der Waals surface area contributed by atoms with Crippen molar-refractivity contribution in [1.82, 2.24) is 25.1 Å². The van der Waals surface area contributed by atoms with E-state index in [0.29, 0.717) is 11.8 Å². The zero-order valence-electron chi connectivity index (χ0n) is 10.9. The molecule has 2 heterocycles. The predicted octanol–water partition coefficient (Wildman–Crippen LogP) is 1.67. The molecule has 2 rings (SSSR count). The number of hydrogen-bond acceptors (Lipinski definition) is 11. The Kier molecular flexibility index (Phi) is 5.76. The van der Waals surface area contributed by atoms with Crippen LogP contribution in [0.2, 0.25) is 0 Å². The van der Waals surface area contributed by atoms with Gasteiger partial charge in [0.15, 0.2) is 8.68 Å². The van der Waals surface area contributed by atoms with E-state index in [9.17, 15) is 0 Å². The van der Waals surface area contributed by atoms with Gasteiger partial charge in [-0.25, -0.2) is 5.84 Å². The average molecular weight is 331 g/mol. The highest BCUT2D eigenvalue weighted by atomic mass is 32.2. The molecule has 0 fully saturated rings. The van der Waals surface area contributed by atoms with Crippen molar-refractivity contribution in [3.8, 4) is 6.01 Å². The van der Waals surface area contributed by atoms with Gasteiger partial charge in [-0.15, -0.1) is 10.2 Å². The van der Waals surface area contributed by atoms with Gasteiger partial charge in [0, 0.05) is 0 Å². The molecule has 0 atom stereocenters. The normalized spacial score (nSPS) is 10.6. The summed E-state index contributed by atoms with van der Waals surface area (Å²) in [4.78, 5) is 12.4. The van der Waals surface area contributed by atoms with Crippen LogP contribution in [0.4, 0.5) is 5.95 Å². The third kappa shape index (κ3) is 4.16. The minimum atomic E-state index is 0.243. The highest BCUT2D eigenvalue weighted by Gasteiger charge is 2.11. The maximum Gasteiger partial charge on any atom is 0.322 e. The third-order valence-electron chi connectivity index (χ3n) is 1.90. The van der Waals surface area contributed by atoms with E-state index in [1.54, 1.807) is 11.8 Å². The summed E-state index contributed by atoms with van der Waals surface area (Å²) < 4.78 is 7.04. The second-order valence-electron chi connectivity index (χ2n) is 3.36. The van der Waals surface area contributed by atoms with Crippen LogP contribution >= 0.6 is 34.9 Å². The Labute approximate surface area is 128 Å². The number of nitrogen functional groups attached to an aromatic ring is 1. The number of ether oxygens (including phenoxy) is 1. The molecule has 8 nitrogen and oxygen atoms in total. The number of aromatic nitrogens is 5. The molecule has 2 aromatic rings. The van der Waals surface area contributed by atoms with E-state index in [-0.39, 0.29) is 12.0 Å². The van der Waals surface area contributed by atoms with Crippen molar-refractivity contribution in [1.29, 1.82) is 0 Å². The summed E-state index contributed by atoms with van der Waals surface area (Å²) in [6.07, 6.45) is 2.82. The van der Waals surface area contributed by atoms with Gasteiger partial charge in [0.05, 0.1) is 6.61 Å². The molecule has 0 radical (unpaired) electrons. The average Bonchev–Trinajstić information content (AvgIpc) is 2.92. The Bertz CT molecular complexity index is 564. The van der Waals surface area contributed by atoms with Crippen molar-refractivity contribution in [2.45, 2.75) is 27.2 Å². The van der Waals surface area contributed by atoms with Crippen molar-refractivity contribution in [2.24, 2.45) is 5.84 Å². The molecule has 0 bridgehead atoms. The first kappa shape index (κ1) is 15.2. The zero-order chi connectivity index (χ0) is 14.4. The third-order valence-corrected chi connectivity index (χ3v) is 4.71. The van der Waals surface area contributed by atoms with Crippen LogP contribution in [0.5, 0.6) is 6.01 Å². The van der Waals surface area contributed by atoms with Gasteiger partial charge in [0.2, 0.25) is 11.1 Å². The molecule has 0 aliphatic heterocycles. The summed E-state index contributed by atoms with van der Waals surface area (Å²) >= 11 is 4.31. The summed E-state index contributed by atoms with van der Waals surface area (Å²) in [5, 5.41) is 8.52. The molecule has 0 aromatic carbocycles. The standard InChI is InChI=1S/C9H13N7OS3/c1-3-4-17-6-11-5(14-10)12-7(13-6)19-9-16-15-8(18-2)20-9/h3-4,10H2,1-2H3,(H,11,12,13,14). The molecule has 108 valence electrons. The van der Waals surface area contributed by atoms with E-state index >= 15 is 0 Å². The van der Waals surface area contributed by atoms with Gasteiger partial charge in [-0.05, 0) is 24.4 Å². The first-order valence-corrected chi connectivity index (χ1v) is 8.51. The molecule has 0 spiro atoms. The summed E-state index contributed by atoms with van der Waals surface area (Å²) in [7, 11) is 0. The first-order valence-electron chi connectivity index (χ1n) is 5.66. The van der Waals surface area contributed by atoms with E-state index in [2.05, 4.69) is 30.6 Å². The molecule has 2 aromatic heterocycles. The van der Waals surface area contributed by atoms with E-state index in [1.807, 2.05) is 13.2 Å². The van der Waals surface area contributed by atoms with Gasteiger partial charge in [0.1, 0.15) is 0 Å². The van der Waals surface area contributed by atoms with Crippen LogP contribution in [0.3, 0.4) is 0 Å². The highest BCUT2D eigenvalue weighted by Crippen LogP contribution is 2.31. The number of nitrogens with one attached hydrogen (secondary N) is 1. The van der Waals surface area contributed by atoms with Gasteiger partial charge < -0.3 is 4.74 Å². The van der Waals surface area contributed by atoms with Crippen molar-refractivity contribution >= 4 is 40.8 Å². The smallest absolute Gasteiger partial charge is 0.322 e. The lowest BCUT2D eigenvalue weighted by molar-refractivity contribution is 0.288. The maximum absolute atomic E-state index is 5.39. The number of nitrogens with two attached hydrogens (primary N) is 1. The molecular formula is C9H13N7OS3. The van der Waals surface area contributed by atoms with Gasteiger partial charge >= 0.3 is 6.01 Å². The molecule has 0 saturated heterocycles. The highest BCUT2D eigenvalue weighted by molar-refractivity contribution is 8.02. The van der Waals surface area contributed by atoms with Crippen molar-refractivity contribution in [3.05, 3.63) is 0 Å². The molecule has 0 aliphatic rings. The summed E-state index contributed by atoms with van der Waals surface area (Å²) in [5.41, 5.74) is 2.39. The molecule has 0 amide bonds. The summed E-state index contributed by atoms with van der Waals surface area (Å²) in [5.74, 6) is 5.59. The number of hydrazine groups is 1. The lowest BCUT2D eigenvalue weighted by atomic mass is 10.5. The molecule has 0 saturated carbocycles. The number of nitrogens with zero attached hydrogens (tertiary/aromatic N) is 5. The van der Waals surface area contributed by atoms with Crippen LogP contribution in [-0.4, -0.2) is 38.0 Å². The molecule has 20 heavy (non-hydrogen) atoms. The van der Waals surface area contributed by atoms with Gasteiger partial charge in [-0.3, -0.25) is 5.43 Å². The SMILES string of the molecule is CCCOc1nc(NN)nc(Sc2nnc(SC)s2)n1. The van der Waals surface area contributed by atoms with Crippen molar-refractivity contribution < 1.29 is 4.74 Å². The van der Waals surface area contributed by atoms with E-state index in [0.717, 1.165) is 15.1 Å². The Balaban J connectivity index is 2.16. The van der Waals surface area contributed by atoms with E-state index < -0.39 is 0 Å². The van der Waals surface area contributed by atoms with Crippen LogP contribution in [0.1, 0.15) is 13.3 Å². The van der Waals surface area contributed by atoms with Crippen molar-refractivity contribution in [2.75, 3.05) is 18.3 Å². The number of anilines is 1. The Morgan fingerprint density at radius 1 is 1.25 bits per heavy atom. The fourth-order valence-corrected chi connectivity index (χ4v) is 3.39. The van der Waals surface area contributed by atoms with Gasteiger partial charge in [-0.1, -0.05) is 30.0 Å². The molecular weight excluding hydrogens is 318 g/mol. The summed E-state index contributed by atoms with van der Waals surface area (Å²) in [6.45, 7) is 2.54. The number of rotatable bonds is 7. The van der Waals surface area contributed by atoms with Crippen LogP contribution in [0.25, 0.3) is 0 Å². The largest absolute Gasteiger partial charge is 0.463 e. The summed E-state index contributed by atoms with van der Waals surface area (Å²) in [6, 6.07) is 0.243. The minimum Gasteiger partial charge on any atom is -0.463 e. The predicted molar refractivity (Wildman–Crippen MR) is 79.2 cm³/mol. The van der Waals surface area contributed by atoms with Crippen LogP contribution < -0.4 is 16.0 Å². The lowest BCUT2D eigenvalue weighted by Gasteiger charge is -2.05. The molecule has 0 unspecified atom stereocenters. The Morgan fingerprint density at radius 2 is 2.05 bits per heavy atom. The van der Waals surface area contributed by atoms with Gasteiger partial charge in [-0.2, -0.15) is 15.0 Å². The molecule has 3 N–H and O–H groups in total. The Hall–Kier alpha value is -1.17. The number of hydrogen-bond donors (Lipinski definition) is 2. The monoisotopic (exact) mass is 331 g/mol. The first-order chi connectivity index (χ1) is 9.75. The quantitative estimate of drug-likeness (QED) is 0.441. The van der Waals surface area contributed by atoms with Crippen molar-refractivity contribution in [3.63, 3.8) is 0 Å². The second kappa shape index (κ2) is 7.57. The molecule has 0 aliphatic carbocycles. The van der Waals surface area contributed by atoms with Crippen LogP contribution in [-0.2, 0) is 0 Å². The number of thioether (sulfide) groups is 1. The fourth-order valence-electron chi connectivity index (χ4n) is 1.11. The Morgan fingerprint density at radius 3 is 2.70 bits per heavy atom. The maximum atomic E-state index is 5.39. The topological polar surface area (TPSA) is 112 Å². The van der Waals surface area contributed by atoms with Crippen LogP contribution in [0.15, 0.2) is 13.8 Å². The zero-order valence-corrected chi connectivity index (χ0v) is 13.3. The van der Waals surface area contributed by atoms with E-state index in [1.165, 1.54) is 23.1 Å². The molecule has 11 heteroatoms. The minimum absolute atomic E-state index is 0.243. The second-order valence-corrected chi connectivity index (χ2v) is 6.60. The van der Waals surface area contributed by atoms with Gasteiger partial charge in [0.25, 0.3) is 0 Å². The fraction of sp³-hybridized carbons (Fsp3) is 0.444. The lowest BCUT2D eigenvalue weighted by Crippen LogP contribution is -2.13. The van der Waals surface area contributed by atoms with E-state index in [4.69, 9.17) is 10.6 Å².